The summed E-state index contributed by atoms with van der Waals surface area (Å²) >= 11 is 0. The highest BCUT2D eigenvalue weighted by Gasteiger charge is 2.13. The molecular formula is C16H35NS. The average molecular weight is 274 g/mol. The molecule has 0 aliphatic rings. The van der Waals surface area contributed by atoms with Crippen LogP contribution >= 0.6 is 9.39 Å². The first-order valence-corrected chi connectivity index (χ1v) is 9.47. The van der Waals surface area contributed by atoms with E-state index in [2.05, 4.69) is 58.0 Å². The molecule has 0 bridgehead atoms. The molecule has 0 radical (unpaired) electrons. The van der Waals surface area contributed by atoms with Crippen LogP contribution in [0.1, 0.15) is 60.8 Å². The summed E-state index contributed by atoms with van der Waals surface area (Å²) in [6.07, 6.45) is 3.98. The standard InChI is InChI=1S/C16H35NS/c1-9-16(13(2)3)11-10-15(6)12-17-18(7,8)14(4)5/h13-17H,7-12H2,1-6H3. The molecule has 0 aromatic rings. The highest BCUT2D eigenvalue weighted by atomic mass is 32.2. The molecule has 0 aromatic heterocycles. The zero-order chi connectivity index (χ0) is 14.3. The van der Waals surface area contributed by atoms with Gasteiger partial charge in [-0.25, -0.2) is 0 Å². The van der Waals surface area contributed by atoms with E-state index in [1.165, 1.54) is 19.3 Å². The van der Waals surface area contributed by atoms with Gasteiger partial charge in [0.1, 0.15) is 0 Å². The van der Waals surface area contributed by atoms with Gasteiger partial charge in [0, 0.05) is 11.8 Å². The van der Waals surface area contributed by atoms with Crippen LogP contribution in [0.4, 0.5) is 0 Å². The fourth-order valence-corrected chi connectivity index (χ4v) is 3.03. The third-order valence-corrected chi connectivity index (χ3v) is 6.67. The van der Waals surface area contributed by atoms with Gasteiger partial charge in [0.15, 0.2) is 0 Å². The first-order valence-electron chi connectivity index (χ1n) is 7.43. The molecule has 2 heteroatoms. The highest BCUT2D eigenvalue weighted by molar-refractivity contribution is 8.26. The minimum atomic E-state index is -1.10. The van der Waals surface area contributed by atoms with Gasteiger partial charge in [-0.05, 0) is 30.6 Å². The van der Waals surface area contributed by atoms with E-state index in [0.717, 1.165) is 24.3 Å². The van der Waals surface area contributed by atoms with Crippen LogP contribution in [-0.4, -0.2) is 23.5 Å². The van der Waals surface area contributed by atoms with E-state index < -0.39 is 9.39 Å². The SMILES string of the molecule is C=S(=C)(NCC(C)CCC(CC)C(C)C)C(C)C. The van der Waals surface area contributed by atoms with Crippen molar-refractivity contribution in [3.8, 4) is 0 Å². The van der Waals surface area contributed by atoms with Gasteiger partial charge in [0.25, 0.3) is 0 Å². The van der Waals surface area contributed by atoms with Crippen LogP contribution in [0, 0.1) is 17.8 Å². The zero-order valence-electron chi connectivity index (χ0n) is 13.5. The number of nitrogens with one attached hydrogen (secondary N) is 1. The van der Waals surface area contributed by atoms with Crippen molar-refractivity contribution in [2.24, 2.45) is 17.8 Å². The van der Waals surface area contributed by atoms with Crippen LogP contribution in [-0.2, 0) is 0 Å². The lowest BCUT2D eigenvalue weighted by Crippen LogP contribution is -2.22. The summed E-state index contributed by atoms with van der Waals surface area (Å²) in [5, 5.41) is 0.545. The summed E-state index contributed by atoms with van der Waals surface area (Å²) < 4.78 is 3.59. The van der Waals surface area contributed by atoms with Crippen molar-refractivity contribution in [1.82, 2.24) is 4.72 Å². The molecule has 0 spiro atoms. The first-order chi connectivity index (χ1) is 8.20. The third-order valence-electron chi connectivity index (χ3n) is 4.12. The maximum atomic E-state index is 4.24. The van der Waals surface area contributed by atoms with Gasteiger partial charge in [-0.2, -0.15) is 9.39 Å². The molecule has 0 amide bonds. The predicted octanol–water partition coefficient (Wildman–Crippen LogP) is 4.67. The molecule has 0 aliphatic carbocycles. The third kappa shape index (κ3) is 6.84. The van der Waals surface area contributed by atoms with E-state index in [4.69, 9.17) is 0 Å². The normalized spacial score (nSPS) is 16.2. The molecule has 110 valence electrons. The lowest BCUT2D eigenvalue weighted by atomic mass is 9.86. The van der Waals surface area contributed by atoms with E-state index in [-0.39, 0.29) is 0 Å². The molecule has 2 unspecified atom stereocenters. The molecular weight excluding hydrogens is 238 g/mol. The van der Waals surface area contributed by atoms with E-state index in [1.54, 1.807) is 0 Å². The Morgan fingerprint density at radius 3 is 1.94 bits per heavy atom. The predicted molar refractivity (Wildman–Crippen MR) is 92.0 cm³/mol. The summed E-state index contributed by atoms with van der Waals surface area (Å²) in [5.41, 5.74) is 0. The van der Waals surface area contributed by atoms with Crippen LogP contribution in [0.25, 0.3) is 0 Å². The Labute approximate surface area is 116 Å². The maximum absolute atomic E-state index is 4.24. The Hall–Kier alpha value is 0.0500. The quantitative estimate of drug-likeness (QED) is 0.602. The summed E-state index contributed by atoms with van der Waals surface area (Å²) in [6.45, 7) is 14.8. The molecule has 0 heterocycles. The second-order valence-electron chi connectivity index (χ2n) is 6.44. The van der Waals surface area contributed by atoms with Gasteiger partial charge in [-0.1, -0.05) is 59.7 Å². The van der Waals surface area contributed by atoms with Crippen molar-refractivity contribution in [1.29, 1.82) is 0 Å². The highest BCUT2D eigenvalue weighted by Crippen LogP contribution is 2.24. The minimum absolute atomic E-state index is 0.545. The van der Waals surface area contributed by atoms with Crippen molar-refractivity contribution < 1.29 is 0 Å². The van der Waals surface area contributed by atoms with E-state index >= 15 is 0 Å². The first kappa shape index (κ1) is 18.0. The summed E-state index contributed by atoms with van der Waals surface area (Å²) in [6, 6.07) is 0. The molecule has 0 aliphatic heterocycles. The molecule has 0 fully saturated rings. The number of hydrogen-bond donors (Lipinski definition) is 1. The average Bonchev–Trinajstić information content (AvgIpc) is 2.26. The second kappa shape index (κ2) is 8.27. The number of hydrogen-bond acceptors (Lipinski definition) is 1. The van der Waals surface area contributed by atoms with Crippen molar-refractivity contribution in [3.63, 3.8) is 0 Å². The topological polar surface area (TPSA) is 12.0 Å². The van der Waals surface area contributed by atoms with Gasteiger partial charge >= 0.3 is 0 Å². The smallest absolute Gasteiger partial charge is 0.00749 e. The molecule has 0 aromatic carbocycles. The summed E-state index contributed by atoms with van der Waals surface area (Å²) in [4.78, 5) is 0. The van der Waals surface area contributed by atoms with E-state index in [1.807, 2.05) is 0 Å². The Bertz CT molecular complexity index is 301. The summed E-state index contributed by atoms with van der Waals surface area (Å²) in [7, 11) is -1.10. The zero-order valence-corrected chi connectivity index (χ0v) is 14.3. The van der Waals surface area contributed by atoms with Crippen molar-refractivity contribution in [2.75, 3.05) is 6.54 Å². The van der Waals surface area contributed by atoms with Crippen LogP contribution in [0.3, 0.4) is 0 Å². The molecule has 1 N–H and O–H groups in total. The molecule has 2 atom stereocenters. The van der Waals surface area contributed by atoms with Gasteiger partial charge in [-0.15, -0.1) is 0 Å². The monoisotopic (exact) mass is 273 g/mol. The Kier molecular flexibility index (Phi) is 8.29. The lowest BCUT2D eigenvalue weighted by Gasteiger charge is -2.25. The van der Waals surface area contributed by atoms with Gasteiger partial charge in [0.05, 0.1) is 0 Å². The number of rotatable bonds is 9. The van der Waals surface area contributed by atoms with Crippen LogP contribution in [0.5, 0.6) is 0 Å². The van der Waals surface area contributed by atoms with Crippen LogP contribution in [0.2, 0.25) is 0 Å². The minimum Gasteiger partial charge on any atom is -0.275 e. The van der Waals surface area contributed by atoms with Crippen molar-refractivity contribution in [3.05, 3.63) is 0 Å². The second-order valence-corrected chi connectivity index (χ2v) is 9.56. The Balaban J connectivity index is 4.02. The van der Waals surface area contributed by atoms with Gasteiger partial charge in [-0.3, -0.25) is 4.72 Å². The van der Waals surface area contributed by atoms with Crippen LogP contribution < -0.4 is 4.72 Å². The molecule has 0 saturated heterocycles. The molecule has 0 rings (SSSR count). The molecule has 18 heavy (non-hydrogen) atoms. The van der Waals surface area contributed by atoms with Crippen molar-refractivity contribution >= 4 is 21.1 Å². The Morgan fingerprint density at radius 1 is 1.00 bits per heavy atom. The fraction of sp³-hybridized carbons (Fsp3) is 0.875. The summed E-state index contributed by atoms with van der Waals surface area (Å²) in [5.74, 6) is 10.9. The molecule has 1 nitrogen and oxygen atoms in total. The Morgan fingerprint density at radius 2 is 1.56 bits per heavy atom. The van der Waals surface area contributed by atoms with E-state index in [9.17, 15) is 0 Å². The van der Waals surface area contributed by atoms with Gasteiger partial charge in [0.2, 0.25) is 0 Å². The fourth-order valence-electron chi connectivity index (χ4n) is 2.08. The molecule has 0 saturated carbocycles. The van der Waals surface area contributed by atoms with Crippen LogP contribution in [0.15, 0.2) is 0 Å². The lowest BCUT2D eigenvalue weighted by molar-refractivity contribution is 0.317. The van der Waals surface area contributed by atoms with E-state index in [0.29, 0.717) is 5.25 Å². The van der Waals surface area contributed by atoms with Gasteiger partial charge < -0.3 is 0 Å². The maximum Gasteiger partial charge on any atom is 0.00749 e. The van der Waals surface area contributed by atoms with Crippen molar-refractivity contribution in [2.45, 2.75) is 66.1 Å². The largest absolute Gasteiger partial charge is 0.275 e.